The molecule has 0 aromatic rings. The second kappa shape index (κ2) is 4.64. The highest BCUT2D eigenvalue weighted by molar-refractivity contribution is 5.72. The van der Waals surface area contributed by atoms with Gasteiger partial charge in [0.1, 0.15) is 0 Å². The minimum absolute atomic E-state index is 0.00792. The Bertz CT molecular complexity index is 233. The van der Waals surface area contributed by atoms with Crippen LogP contribution in [0.25, 0.3) is 0 Å². The first kappa shape index (κ1) is 12.0. The molecule has 2 N–H and O–H groups in total. The van der Waals surface area contributed by atoms with E-state index < -0.39 is 17.4 Å². The SMILES string of the molecule is CC1CCC(CC(=O)O)(CC(=O)O)CC1. The van der Waals surface area contributed by atoms with Crippen molar-refractivity contribution in [2.75, 3.05) is 0 Å². The van der Waals surface area contributed by atoms with Crippen molar-refractivity contribution in [2.45, 2.75) is 45.4 Å². The van der Waals surface area contributed by atoms with E-state index >= 15 is 0 Å². The molecule has 4 nitrogen and oxygen atoms in total. The van der Waals surface area contributed by atoms with E-state index in [0.717, 1.165) is 25.7 Å². The highest BCUT2D eigenvalue weighted by Crippen LogP contribution is 2.44. The summed E-state index contributed by atoms with van der Waals surface area (Å²) in [5.74, 6) is -1.17. The van der Waals surface area contributed by atoms with Crippen LogP contribution in [0.2, 0.25) is 0 Å². The lowest BCUT2D eigenvalue weighted by molar-refractivity contribution is -0.145. The van der Waals surface area contributed by atoms with Gasteiger partial charge in [0.15, 0.2) is 0 Å². The molecule has 0 aromatic carbocycles. The van der Waals surface area contributed by atoms with E-state index in [1.807, 2.05) is 0 Å². The van der Waals surface area contributed by atoms with Crippen LogP contribution in [0.1, 0.15) is 45.4 Å². The van der Waals surface area contributed by atoms with E-state index in [1.54, 1.807) is 0 Å². The Balaban J connectivity index is 2.68. The summed E-state index contributed by atoms with van der Waals surface area (Å²) in [7, 11) is 0. The number of carbonyl (C=O) groups is 2. The monoisotopic (exact) mass is 214 g/mol. The summed E-state index contributed by atoms with van der Waals surface area (Å²) in [6, 6.07) is 0. The smallest absolute Gasteiger partial charge is 0.303 e. The van der Waals surface area contributed by atoms with E-state index in [1.165, 1.54) is 0 Å². The molecule has 0 aliphatic heterocycles. The van der Waals surface area contributed by atoms with Crippen molar-refractivity contribution in [3.8, 4) is 0 Å². The van der Waals surface area contributed by atoms with Gasteiger partial charge in [0.2, 0.25) is 0 Å². The Labute approximate surface area is 89.3 Å². The maximum atomic E-state index is 10.7. The Kier molecular flexibility index (Phi) is 3.72. The van der Waals surface area contributed by atoms with Crippen LogP contribution in [-0.4, -0.2) is 22.2 Å². The molecular weight excluding hydrogens is 196 g/mol. The minimum Gasteiger partial charge on any atom is -0.481 e. The van der Waals surface area contributed by atoms with Gasteiger partial charge < -0.3 is 10.2 Å². The van der Waals surface area contributed by atoms with Crippen LogP contribution < -0.4 is 0 Å². The molecule has 0 amide bonds. The molecule has 0 bridgehead atoms. The molecule has 0 atom stereocenters. The zero-order valence-electron chi connectivity index (χ0n) is 9.03. The zero-order valence-corrected chi connectivity index (χ0v) is 9.03. The van der Waals surface area contributed by atoms with Crippen LogP contribution in [0.3, 0.4) is 0 Å². The Hall–Kier alpha value is -1.06. The van der Waals surface area contributed by atoms with Gasteiger partial charge >= 0.3 is 11.9 Å². The van der Waals surface area contributed by atoms with Gasteiger partial charge in [-0.2, -0.15) is 0 Å². The molecule has 0 heterocycles. The Morgan fingerprint density at radius 2 is 1.53 bits per heavy atom. The second-order valence-electron chi connectivity index (χ2n) is 4.82. The number of hydrogen-bond acceptors (Lipinski definition) is 2. The first-order valence-corrected chi connectivity index (χ1v) is 5.37. The average Bonchev–Trinajstić information content (AvgIpc) is 2.08. The van der Waals surface area contributed by atoms with E-state index in [4.69, 9.17) is 10.2 Å². The number of rotatable bonds is 4. The van der Waals surface area contributed by atoms with Gasteiger partial charge in [-0.3, -0.25) is 9.59 Å². The molecule has 0 radical (unpaired) electrons. The molecule has 0 saturated heterocycles. The standard InChI is InChI=1S/C11H18O4/c1-8-2-4-11(5-3-8,6-9(12)13)7-10(14)15/h8H,2-7H2,1H3,(H,12,13)(H,14,15). The predicted molar refractivity (Wildman–Crippen MR) is 54.6 cm³/mol. The van der Waals surface area contributed by atoms with Crippen LogP contribution in [0.15, 0.2) is 0 Å². The molecule has 1 aliphatic rings. The van der Waals surface area contributed by atoms with Gasteiger partial charge in [-0.05, 0) is 24.2 Å². The van der Waals surface area contributed by atoms with E-state index in [2.05, 4.69) is 6.92 Å². The summed E-state index contributed by atoms with van der Waals surface area (Å²) >= 11 is 0. The van der Waals surface area contributed by atoms with E-state index in [0.29, 0.717) is 5.92 Å². The van der Waals surface area contributed by atoms with Gasteiger partial charge in [-0.1, -0.05) is 19.8 Å². The molecule has 86 valence electrons. The maximum Gasteiger partial charge on any atom is 0.303 e. The van der Waals surface area contributed by atoms with Crippen LogP contribution >= 0.6 is 0 Å². The van der Waals surface area contributed by atoms with Crippen molar-refractivity contribution >= 4 is 11.9 Å². The topological polar surface area (TPSA) is 74.6 Å². The molecule has 1 fully saturated rings. The lowest BCUT2D eigenvalue weighted by Crippen LogP contribution is -2.32. The van der Waals surface area contributed by atoms with Crippen molar-refractivity contribution in [2.24, 2.45) is 11.3 Å². The van der Waals surface area contributed by atoms with Crippen LogP contribution in [0, 0.1) is 11.3 Å². The fraction of sp³-hybridized carbons (Fsp3) is 0.818. The lowest BCUT2D eigenvalue weighted by Gasteiger charge is -2.37. The van der Waals surface area contributed by atoms with Crippen molar-refractivity contribution in [1.29, 1.82) is 0 Å². The first-order chi connectivity index (χ1) is 6.93. The number of hydrogen-bond donors (Lipinski definition) is 2. The number of carboxylic acids is 2. The van der Waals surface area contributed by atoms with E-state index in [9.17, 15) is 9.59 Å². The third-order valence-corrected chi connectivity index (χ3v) is 3.39. The van der Waals surface area contributed by atoms with Crippen LogP contribution in [-0.2, 0) is 9.59 Å². The molecule has 1 aliphatic carbocycles. The summed E-state index contributed by atoms with van der Waals surface area (Å²) in [6.07, 6.45) is 3.33. The van der Waals surface area contributed by atoms with Crippen molar-refractivity contribution in [3.05, 3.63) is 0 Å². The van der Waals surface area contributed by atoms with Crippen LogP contribution in [0.5, 0.6) is 0 Å². The van der Waals surface area contributed by atoms with Gasteiger partial charge in [0.05, 0.1) is 12.8 Å². The van der Waals surface area contributed by atoms with Gasteiger partial charge in [0, 0.05) is 0 Å². The molecule has 0 aromatic heterocycles. The number of aliphatic carboxylic acids is 2. The maximum absolute atomic E-state index is 10.7. The summed E-state index contributed by atoms with van der Waals surface area (Å²) in [5.41, 5.74) is -0.496. The van der Waals surface area contributed by atoms with Crippen molar-refractivity contribution in [1.82, 2.24) is 0 Å². The zero-order chi connectivity index (χ0) is 11.5. The van der Waals surface area contributed by atoms with Crippen molar-refractivity contribution in [3.63, 3.8) is 0 Å². The third-order valence-electron chi connectivity index (χ3n) is 3.39. The fourth-order valence-electron chi connectivity index (χ4n) is 2.43. The molecule has 15 heavy (non-hydrogen) atoms. The first-order valence-electron chi connectivity index (χ1n) is 5.37. The van der Waals surface area contributed by atoms with Gasteiger partial charge in [-0.15, -0.1) is 0 Å². The normalized spacial score (nSPS) is 21.1. The predicted octanol–water partition coefficient (Wildman–Crippen LogP) is 2.13. The Morgan fingerprint density at radius 1 is 1.13 bits per heavy atom. The van der Waals surface area contributed by atoms with Gasteiger partial charge in [-0.25, -0.2) is 0 Å². The molecule has 1 saturated carbocycles. The molecule has 0 spiro atoms. The quantitative estimate of drug-likeness (QED) is 0.751. The van der Waals surface area contributed by atoms with Crippen molar-refractivity contribution < 1.29 is 19.8 Å². The minimum atomic E-state index is -0.884. The highest BCUT2D eigenvalue weighted by Gasteiger charge is 2.38. The highest BCUT2D eigenvalue weighted by atomic mass is 16.4. The summed E-state index contributed by atoms with van der Waals surface area (Å²) in [5, 5.41) is 17.6. The lowest BCUT2D eigenvalue weighted by atomic mass is 9.67. The summed E-state index contributed by atoms with van der Waals surface area (Å²) in [4.78, 5) is 21.5. The fourth-order valence-corrected chi connectivity index (χ4v) is 2.43. The average molecular weight is 214 g/mol. The van der Waals surface area contributed by atoms with E-state index in [-0.39, 0.29) is 12.8 Å². The molecule has 1 rings (SSSR count). The molecule has 4 heteroatoms. The largest absolute Gasteiger partial charge is 0.481 e. The second-order valence-corrected chi connectivity index (χ2v) is 4.82. The molecular formula is C11H18O4. The molecule has 0 unspecified atom stereocenters. The van der Waals surface area contributed by atoms with Gasteiger partial charge in [0.25, 0.3) is 0 Å². The Morgan fingerprint density at radius 3 is 1.87 bits per heavy atom. The van der Waals surface area contributed by atoms with Crippen LogP contribution in [0.4, 0.5) is 0 Å². The number of carboxylic acid groups (broad SMARTS) is 2. The summed E-state index contributed by atoms with van der Waals surface area (Å²) in [6.45, 7) is 2.13. The third kappa shape index (κ3) is 3.53. The summed E-state index contributed by atoms with van der Waals surface area (Å²) < 4.78 is 0.